The standard InChI is InChI=1S/C30H44O7/c1-21(2)13-18-32-23-11-9-22(10-12-23)19-31-20-24-25-26(35-29(34-25)14-5-3-6-15-29)27-28(33-24)37-30(36-27)16-7-4-8-17-30/h9-12,21,24-28H,3-8,13-20H2,1-2H3/t24-,25+,26+,27-,28-/m1/s1. The maximum absolute atomic E-state index is 6.72. The highest BCUT2D eigenvalue weighted by Gasteiger charge is 2.63. The Kier molecular flexibility index (Phi) is 7.81. The molecule has 7 nitrogen and oxygen atoms in total. The lowest BCUT2D eigenvalue weighted by molar-refractivity contribution is -0.256. The number of benzene rings is 1. The second-order valence-corrected chi connectivity index (χ2v) is 12.0. The summed E-state index contributed by atoms with van der Waals surface area (Å²) in [5.41, 5.74) is 1.11. The number of ether oxygens (including phenoxy) is 7. The van der Waals surface area contributed by atoms with Crippen LogP contribution in [0.25, 0.3) is 0 Å². The fourth-order valence-corrected chi connectivity index (χ4v) is 6.56. The van der Waals surface area contributed by atoms with E-state index in [9.17, 15) is 0 Å². The van der Waals surface area contributed by atoms with Crippen LogP contribution in [0.5, 0.6) is 5.75 Å². The third-order valence-corrected chi connectivity index (χ3v) is 8.64. The molecule has 2 aliphatic carbocycles. The lowest BCUT2D eigenvalue weighted by Gasteiger charge is -2.37. The van der Waals surface area contributed by atoms with Gasteiger partial charge in [-0.25, -0.2) is 0 Å². The van der Waals surface area contributed by atoms with Crippen LogP contribution in [0.3, 0.4) is 0 Å². The zero-order valence-corrected chi connectivity index (χ0v) is 22.5. The van der Waals surface area contributed by atoms with Gasteiger partial charge in [0.15, 0.2) is 17.9 Å². The first-order valence-corrected chi connectivity index (χ1v) is 14.7. The lowest BCUT2D eigenvalue weighted by atomic mass is 9.94. The Balaban J connectivity index is 1.09. The van der Waals surface area contributed by atoms with Crippen molar-refractivity contribution in [3.05, 3.63) is 29.8 Å². The van der Waals surface area contributed by atoms with Crippen molar-refractivity contribution < 1.29 is 33.2 Å². The van der Waals surface area contributed by atoms with Gasteiger partial charge >= 0.3 is 0 Å². The average Bonchev–Trinajstić information content (AvgIpc) is 3.43. The van der Waals surface area contributed by atoms with E-state index in [1.807, 2.05) is 12.1 Å². The first-order valence-electron chi connectivity index (χ1n) is 14.7. The summed E-state index contributed by atoms with van der Waals surface area (Å²) in [7, 11) is 0. The van der Waals surface area contributed by atoms with E-state index in [-0.39, 0.29) is 24.4 Å². The fourth-order valence-electron chi connectivity index (χ4n) is 6.56. The van der Waals surface area contributed by atoms with Crippen molar-refractivity contribution in [1.29, 1.82) is 0 Å². The van der Waals surface area contributed by atoms with E-state index < -0.39 is 17.9 Å². The lowest BCUT2D eigenvalue weighted by Crippen LogP contribution is -2.56. The van der Waals surface area contributed by atoms with E-state index in [1.54, 1.807) is 0 Å². The van der Waals surface area contributed by atoms with Gasteiger partial charge in [0.1, 0.15) is 30.2 Å². The smallest absolute Gasteiger partial charge is 0.190 e. The van der Waals surface area contributed by atoms with Crippen molar-refractivity contribution in [2.75, 3.05) is 13.2 Å². The molecule has 5 fully saturated rings. The van der Waals surface area contributed by atoms with Crippen molar-refractivity contribution in [3.8, 4) is 5.75 Å². The molecule has 0 amide bonds. The highest BCUT2D eigenvalue weighted by atomic mass is 16.9. The molecule has 5 atom stereocenters. The highest BCUT2D eigenvalue weighted by molar-refractivity contribution is 5.26. The maximum Gasteiger partial charge on any atom is 0.190 e. The van der Waals surface area contributed by atoms with E-state index in [2.05, 4.69) is 26.0 Å². The van der Waals surface area contributed by atoms with Gasteiger partial charge in [0.2, 0.25) is 0 Å². The van der Waals surface area contributed by atoms with Crippen LogP contribution in [0.2, 0.25) is 0 Å². The van der Waals surface area contributed by atoms with Gasteiger partial charge in [-0.1, -0.05) is 38.8 Å². The quantitative estimate of drug-likeness (QED) is 0.428. The molecular weight excluding hydrogens is 472 g/mol. The van der Waals surface area contributed by atoms with E-state index in [0.29, 0.717) is 19.1 Å². The molecule has 1 aromatic rings. The Morgan fingerprint density at radius 3 is 2.08 bits per heavy atom. The average molecular weight is 517 g/mol. The van der Waals surface area contributed by atoms with Crippen LogP contribution in [0.1, 0.15) is 90.0 Å². The maximum atomic E-state index is 6.72. The van der Waals surface area contributed by atoms with Crippen LogP contribution in [0, 0.1) is 5.92 Å². The van der Waals surface area contributed by atoms with Crippen LogP contribution < -0.4 is 4.74 Å². The third-order valence-electron chi connectivity index (χ3n) is 8.64. The Bertz CT molecular complexity index is 874. The Hall–Kier alpha value is -1.22. The van der Waals surface area contributed by atoms with Crippen molar-refractivity contribution in [2.45, 2.75) is 133 Å². The SMILES string of the molecule is CC(C)CCOc1ccc(COC[C@H]2O[C@@H]3OC4(CCCCC4)O[C@@H]3[C@H]3OC4(CCCCC4)O[C@H]32)cc1. The molecular formula is C30H44O7. The molecule has 2 saturated carbocycles. The second-order valence-electron chi connectivity index (χ2n) is 12.0. The first-order chi connectivity index (χ1) is 18.0. The summed E-state index contributed by atoms with van der Waals surface area (Å²) in [5, 5.41) is 0. The minimum absolute atomic E-state index is 0.186. The van der Waals surface area contributed by atoms with Gasteiger partial charge in [0.25, 0.3) is 0 Å². The minimum atomic E-state index is -0.529. The van der Waals surface area contributed by atoms with E-state index in [0.717, 1.165) is 75.7 Å². The molecule has 3 aliphatic heterocycles. The summed E-state index contributed by atoms with van der Waals surface area (Å²) in [6, 6.07) is 8.17. The van der Waals surface area contributed by atoms with E-state index >= 15 is 0 Å². The summed E-state index contributed by atoms with van der Waals surface area (Å²) >= 11 is 0. The first kappa shape index (κ1) is 26.0. The molecule has 0 radical (unpaired) electrons. The molecule has 0 N–H and O–H groups in total. The summed E-state index contributed by atoms with van der Waals surface area (Å²) in [6.45, 7) is 6.09. The number of hydrogen-bond donors (Lipinski definition) is 0. The minimum Gasteiger partial charge on any atom is -0.494 e. The van der Waals surface area contributed by atoms with Gasteiger partial charge in [-0.05, 0) is 55.7 Å². The van der Waals surface area contributed by atoms with Crippen LogP contribution >= 0.6 is 0 Å². The molecule has 0 aromatic heterocycles. The van der Waals surface area contributed by atoms with Crippen LogP contribution in [-0.4, -0.2) is 55.5 Å². The summed E-state index contributed by atoms with van der Waals surface area (Å²) in [5.74, 6) is 0.499. The monoisotopic (exact) mass is 516 g/mol. The van der Waals surface area contributed by atoms with Crippen molar-refractivity contribution in [2.24, 2.45) is 5.92 Å². The Labute approximate surface area is 221 Å². The molecule has 6 rings (SSSR count). The second kappa shape index (κ2) is 11.1. The third kappa shape index (κ3) is 5.73. The van der Waals surface area contributed by atoms with Gasteiger partial charge in [-0.2, -0.15) is 0 Å². The number of rotatable bonds is 8. The van der Waals surface area contributed by atoms with Gasteiger partial charge in [-0.15, -0.1) is 0 Å². The molecule has 206 valence electrons. The molecule has 3 saturated heterocycles. The normalized spacial score (nSPS) is 34.1. The number of fused-ring (bicyclic) bond motifs is 3. The van der Waals surface area contributed by atoms with Crippen molar-refractivity contribution in [1.82, 2.24) is 0 Å². The summed E-state index contributed by atoms with van der Waals surface area (Å²) in [6.07, 6.45) is 10.4. The van der Waals surface area contributed by atoms with E-state index in [1.165, 1.54) is 12.8 Å². The predicted octanol–water partition coefficient (Wildman–Crippen LogP) is 5.87. The largest absolute Gasteiger partial charge is 0.494 e. The zero-order valence-electron chi connectivity index (χ0n) is 22.5. The molecule has 7 heteroatoms. The predicted molar refractivity (Wildman–Crippen MR) is 137 cm³/mol. The molecule has 37 heavy (non-hydrogen) atoms. The Morgan fingerprint density at radius 2 is 1.41 bits per heavy atom. The van der Waals surface area contributed by atoms with Gasteiger partial charge in [-0.3, -0.25) is 0 Å². The van der Waals surface area contributed by atoms with Crippen LogP contribution in [0.4, 0.5) is 0 Å². The van der Waals surface area contributed by atoms with E-state index in [4.69, 9.17) is 33.2 Å². The van der Waals surface area contributed by atoms with Crippen LogP contribution in [-0.2, 0) is 35.0 Å². The zero-order chi connectivity index (χ0) is 25.3. The summed E-state index contributed by atoms with van der Waals surface area (Å²) < 4.78 is 45.0. The summed E-state index contributed by atoms with van der Waals surface area (Å²) in [4.78, 5) is 0. The molecule has 3 heterocycles. The molecule has 1 aromatic carbocycles. The topological polar surface area (TPSA) is 64.6 Å². The molecule has 0 bridgehead atoms. The van der Waals surface area contributed by atoms with Crippen molar-refractivity contribution >= 4 is 0 Å². The number of hydrogen-bond acceptors (Lipinski definition) is 7. The van der Waals surface area contributed by atoms with Gasteiger partial charge in [0, 0.05) is 25.7 Å². The van der Waals surface area contributed by atoms with Crippen molar-refractivity contribution in [3.63, 3.8) is 0 Å². The highest BCUT2D eigenvalue weighted by Crippen LogP contribution is 2.50. The van der Waals surface area contributed by atoms with Crippen LogP contribution in [0.15, 0.2) is 24.3 Å². The Morgan fingerprint density at radius 1 is 0.784 bits per heavy atom. The van der Waals surface area contributed by atoms with Gasteiger partial charge in [0.05, 0.1) is 19.8 Å². The molecule has 0 unspecified atom stereocenters. The fraction of sp³-hybridized carbons (Fsp3) is 0.800. The molecule has 5 aliphatic rings. The molecule has 2 spiro atoms. The van der Waals surface area contributed by atoms with Gasteiger partial charge < -0.3 is 33.2 Å².